The van der Waals surface area contributed by atoms with Gasteiger partial charge in [0.1, 0.15) is 28.9 Å². The molecule has 11 nitrogen and oxygen atoms in total. The second-order valence-corrected chi connectivity index (χ2v) is 10.4. The molecule has 0 spiro atoms. The van der Waals surface area contributed by atoms with Gasteiger partial charge in [-0.2, -0.15) is 4.39 Å². The lowest BCUT2D eigenvalue weighted by Crippen LogP contribution is -2.23. The summed E-state index contributed by atoms with van der Waals surface area (Å²) in [5, 5.41) is 12.4. The van der Waals surface area contributed by atoms with E-state index in [9.17, 15) is 28.3 Å². The minimum atomic E-state index is -1.10. The molecular weight excluding hydrogens is 560 g/mol. The molecule has 1 fully saturated rings. The zero-order valence-electron chi connectivity index (χ0n) is 21.6. The van der Waals surface area contributed by atoms with Crippen LogP contribution in [0.5, 0.6) is 5.75 Å². The molecule has 1 aromatic carbocycles. The van der Waals surface area contributed by atoms with Crippen molar-refractivity contribution in [2.24, 2.45) is 5.73 Å². The summed E-state index contributed by atoms with van der Waals surface area (Å²) in [4.78, 5) is 49.0. The number of rotatable bonds is 6. The van der Waals surface area contributed by atoms with Gasteiger partial charge in [-0.15, -0.1) is 0 Å². The largest absolute Gasteiger partial charge is 0.504 e. The molecule has 0 aliphatic carbocycles. The SMILES string of the molecule is NC(=O)c1cc(-c2cn(CC(=O)Nc3cc(N4CCCC4)nc(F)c3Cl)c3nc4n(c(=O)c23)CCC4)cc(F)c1O. The molecule has 0 saturated carbocycles. The predicted octanol–water partition coefficient (Wildman–Crippen LogP) is 3.18. The van der Waals surface area contributed by atoms with Crippen molar-refractivity contribution in [2.45, 2.75) is 38.8 Å². The number of phenols is 1. The number of aromatic nitrogens is 4. The Labute approximate surface area is 236 Å². The number of nitrogens with zero attached hydrogens (tertiary/aromatic N) is 5. The van der Waals surface area contributed by atoms with Crippen molar-refractivity contribution in [1.82, 2.24) is 19.1 Å². The summed E-state index contributed by atoms with van der Waals surface area (Å²) in [6, 6.07) is 3.66. The Kier molecular flexibility index (Phi) is 6.60. The van der Waals surface area contributed by atoms with Gasteiger partial charge in [-0.05, 0) is 37.0 Å². The van der Waals surface area contributed by atoms with Crippen LogP contribution in [0.15, 0.2) is 29.2 Å². The highest BCUT2D eigenvalue weighted by Crippen LogP contribution is 2.34. The Hall–Kier alpha value is -4.52. The van der Waals surface area contributed by atoms with Crippen LogP contribution in [0.3, 0.4) is 0 Å². The second kappa shape index (κ2) is 10.1. The third-order valence-corrected chi connectivity index (χ3v) is 7.76. The topological polar surface area (TPSA) is 148 Å². The number of nitrogens with two attached hydrogens (primary N) is 1. The van der Waals surface area contributed by atoms with E-state index in [4.69, 9.17) is 17.3 Å². The molecule has 4 aromatic rings. The van der Waals surface area contributed by atoms with Crippen LogP contribution < -0.4 is 21.5 Å². The maximum absolute atomic E-state index is 14.6. The number of anilines is 2. The zero-order valence-corrected chi connectivity index (χ0v) is 22.3. The van der Waals surface area contributed by atoms with Gasteiger partial charge in [-0.3, -0.25) is 19.0 Å². The van der Waals surface area contributed by atoms with E-state index in [0.29, 0.717) is 44.1 Å². The molecule has 2 aliphatic heterocycles. The molecule has 212 valence electrons. The fraction of sp³-hybridized carbons (Fsp3) is 0.296. The van der Waals surface area contributed by atoms with Gasteiger partial charge in [0.2, 0.25) is 11.9 Å². The summed E-state index contributed by atoms with van der Waals surface area (Å²) in [6.45, 7) is 1.51. The lowest BCUT2D eigenvalue weighted by Gasteiger charge is -2.18. The van der Waals surface area contributed by atoms with Crippen LogP contribution in [-0.4, -0.2) is 49.1 Å². The summed E-state index contributed by atoms with van der Waals surface area (Å²) >= 11 is 6.12. The van der Waals surface area contributed by atoms with Crippen molar-refractivity contribution in [3.05, 3.63) is 62.9 Å². The second-order valence-electron chi connectivity index (χ2n) is 10.1. The van der Waals surface area contributed by atoms with Crippen LogP contribution in [0.4, 0.5) is 20.3 Å². The van der Waals surface area contributed by atoms with Gasteiger partial charge in [0.25, 0.3) is 11.5 Å². The summed E-state index contributed by atoms with van der Waals surface area (Å²) in [6.07, 6.45) is 4.59. The van der Waals surface area contributed by atoms with Gasteiger partial charge in [0.15, 0.2) is 11.6 Å². The number of hydrogen-bond acceptors (Lipinski definition) is 7. The van der Waals surface area contributed by atoms with Gasteiger partial charge in [-0.1, -0.05) is 11.6 Å². The zero-order chi connectivity index (χ0) is 29.0. The Bertz CT molecular complexity index is 1810. The van der Waals surface area contributed by atoms with Crippen LogP contribution >= 0.6 is 11.6 Å². The fourth-order valence-electron chi connectivity index (χ4n) is 5.44. The number of pyridine rings is 1. The normalized spacial score (nSPS) is 14.6. The number of aryl methyl sites for hydroxylation is 1. The first-order valence-corrected chi connectivity index (χ1v) is 13.4. The van der Waals surface area contributed by atoms with E-state index < -0.39 is 34.9 Å². The highest BCUT2D eigenvalue weighted by Gasteiger charge is 2.25. The van der Waals surface area contributed by atoms with Gasteiger partial charge in [0.05, 0.1) is 16.6 Å². The van der Waals surface area contributed by atoms with Gasteiger partial charge >= 0.3 is 0 Å². The summed E-state index contributed by atoms with van der Waals surface area (Å²) in [5.41, 5.74) is 4.97. The highest BCUT2D eigenvalue weighted by atomic mass is 35.5. The number of primary amides is 1. The summed E-state index contributed by atoms with van der Waals surface area (Å²) in [7, 11) is 0. The molecule has 5 heterocycles. The molecule has 4 N–H and O–H groups in total. The third-order valence-electron chi connectivity index (χ3n) is 7.40. The Morgan fingerprint density at radius 2 is 1.85 bits per heavy atom. The van der Waals surface area contributed by atoms with E-state index >= 15 is 0 Å². The van der Waals surface area contributed by atoms with E-state index in [1.54, 1.807) is 0 Å². The molecule has 0 bridgehead atoms. The standard InChI is InChI=1S/C27H24ClF2N7O4/c28-22-17(10-19(33-24(22)30)35-5-1-2-6-35)32-20(38)12-36-11-15(13-8-14(25(31)40)23(39)16(29)9-13)21-26(36)34-18-4-3-7-37(18)27(21)41/h8-11,39H,1-7,12H2,(H2,31,40)(H,32,33,38). The van der Waals surface area contributed by atoms with E-state index in [-0.39, 0.29) is 45.0 Å². The Morgan fingerprint density at radius 3 is 2.59 bits per heavy atom. The van der Waals surface area contributed by atoms with Crippen LogP contribution in [0.25, 0.3) is 22.2 Å². The lowest BCUT2D eigenvalue weighted by atomic mass is 10.0. The van der Waals surface area contributed by atoms with Crippen molar-refractivity contribution in [1.29, 1.82) is 0 Å². The Balaban J connectivity index is 1.42. The molecule has 14 heteroatoms. The smallest absolute Gasteiger partial charge is 0.263 e. The molecule has 3 aromatic heterocycles. The maximum atomic E-state index is 14.6. The molecule has 1 saturated heterocycles. The van der Waals surface area contributed by atoms with E-state index in [0.717, 1.165) is 18.9 Å². The average Bonchev–Trinajstić information content (AvgIpc) is 3.69. The minimum Gasteiger partial charge on any atom is -0.504 e. The third kappa shape index (κ3) is 4.65. The molecule has 2 aliphatic rings. The highest BCUT2D eigenvalue weighted by molar-refractivity contribution is 6.33. The molecule has 2 amide bonds. The lowest BCUT2D eigenvalue weighted by molar-refractivity contribution is -0.116. The fourth-order valence-corrected chi connectivity index (χ4v) is 5.58. The van der Waals surface area contributed by atoms with E-state index in [2.05, 4.69) is 15.3 Å². The van der Waals surface area contributed by atoms with Crippen molar-refractivity contribution in [3.63, 3.8) is 0 Å². The maximum Gasteiger partial charge on any atom is 0.263 e. The number of halogens is 3. The molecular formula is C27H24ClF2N7O4. The first kappa shape index (κ1) is 26.7. The van der Waals surface area contributed by atoms with E-state index in [1.165, 1.54) is 27.5 Å². The number of carbonyl (C=O) groups excluding carboxylic acids is 2. The van der Waals surface area contributed by atoms with Crippen molar-refractivity contribution < 1.29 is 23.5 Å². The number of benzene rings is 1. The number of amides is 2. The van der Waals surface area contributed by atoms with Crippen LogP contribution in [-0.2, 0) is 24.3 Å². The molecule has 6 rings (SSSR count). The van der Waals surface area contributed by atoms with Crippen LogP contribution in [0.2, 0.25) is 5.02 Å². The number of fused-ring (bicyclic) bond motifs is 2. The molecule has 0 radical (unpaired) electrons. The van der Waals surface area contributed by atoms with Crippen molar-refractivity contribution >= 4 is 46.0 Å². The monoisotopic (exact) mass is 583 g/mol. The van der Waals surface area contributed by atoms with Crippen molar-refractivity contribution in [3.8, 4) is 16.9 Å². The van der Waals surface area contributed by atoms with Crippen LogP contribution in [0.1, 0.15) is 35.4 Å². The average molecular weight is 584 g/mol. The number of hydrogen-bond donors (Lipinski definition) is 3. The van der Waals surface area contributed by atoms with Gasteiger partial charge in [-0.25, -0.2) is 14.4 Å². The quantitative estimate of drug-likeness (QED) is 0.295. The minimum absolute atomic E-state index is 0.0448. The van der Waals surface area contributed by atoms with E-state index in [1.807, 2.05) is 4.90 Å². The number of aromatic hydroxyl groups is 1. The van der Waals surface area contributed by atoms with Gasteiger partial charge in [0, 0.05) is 43.9 Å². The summed E-state index contributed by atoms with van der Waals surface area (Å²) in [5.74, 6) is -3.68. The first-order valence-electron chi connectivity index (χ1n) is 13.0. The molecule has 41 heavy (non-hydrogen) atoms. The van der Waals surface area contributed by atoms with Crippen molar-refractivity contribution in [2.75, 3.05) is 23.3 Å². The van der Waals surface area contributed by atoms with Gasteiger partial charge < -0.3 is 25.6 Å². The Morgan fingerprint density at radius 1 is 1.10 bits per heavy atom. The number of nitrogens with one attached hydrogen (secondary N) is 1. The predicted molar refractivity (Wildman–Crippen MR) is 147 cm³/mol. The first-order chi connectivity index (χ1) is 19.6. The van der Waals surface area contributed by atoms with Crippen LogP contribution in [0, 0.1) is 11.8 Å². The molecule has 0 atom stereocenters. The molecule has 0 unspecified atom stereocenters. The number of carbonyl (C=O) groups is 2. The summed E-state index contributed by atoms with van der Waals surface area (Å²) < 4.78 is 32.1.